The number of carbonyl (C=O) groups is 1. The lowest BCUT2D eigenvalue weighted by Crippen LogP contribution is -2.21. The summed E-state index contributed by atoms with van der Waals surface area (Å²) in [5.41, 5.74) is 0. The number of unbranched alkanes of at least 4 members (excludes halogenated alkanes) is 11. The smallest absolute Gasteiger partial charge is 0.316 e. The molecule has 0 atom stereocenters. The maximum absolute atomic E-state index is 10.8. The van der Waals surface area contributed by atoms with E-state index in [1.54, 1.807) is 11.9 Å². The van der Waals surface area contributed by atoms with Crippen LogP contribution in [0.1, 0.15) is 84.0 Å². The lowest BCUT2D eigenvalue weighted by molar-refractivity contribution is 0.231. The molecule has 0 saturated carbocycles. The predicted octanol–water partition coefficient (Wildman–Crippen LogP) is 5.98. The molecule has 0 rings (SSSR count). The Balaban J connectivity index is 3.05. The fourth-order valence-corrected chi connectivity index (χ4v) is 2.36. The van der Waals surface area contributed by atoms with E-state index in [2.05, 4.69) is 6.92 Å². The Morgan fingerprint density at radius 2 is 1.16 bits per heavy atom. The third kappa shape index (κ3) is 14.0. The van der Waals surface area contributed by atoms with Crippen LogP contribution in [0.4, 0.5) is 4.79 Å². The quantitative estimate of drug-likeness (QED) is 0.232. The van der Waals surface area contributed by atoms with Gasteiger partial charge in [-0.1, -0.05) is 77.6 Å². The Labute approximate surface area is 124 Å². The minimum atomic E-state index is -0.344. The molecule has 0 N–H and O–H groups in total. The van der Waals surface area contributed by atoms with Gasteiger partial charge in [-0.15, -0.1) is 0 Å². The van der Waals surface area contributed by atoms with Crippen LogP contribution in [0.5, 0.6) is 0 Å². The van der Waals surface area contributed by atoms with E-state index in [0.717, 1.165) is 13.0 Å². The molecule has 0 aliphatic heterocycles. The number of rotatable bonds is 13. The van der Waals surface area contributed by atoms with Crippen molar-refractivity contribution in [2.24, 2.45) is 0 Å². The Kier molecular flexibility index (Phi) is 14.0. The first-order chi connectivity index (χ1) is 9.18. The molecule has 0 bridgehead atoms. The predicted molar refractivity (Wildman–Crippen MR) is 85.0 cm³/mol. The van der Waals surface area contributed by atoms with Crippen LogP contribution in [0.25, 0.3) is 0 Å². The van der Waals surface area contributed by atoms with Crippen molar-refractivity contribution in [3.63, 3.8) is 0 Å². The first kappa shape index (κ1) is 18.8. The number of amides is 1. The van der Waals surface area contributed by atoms with Gasteiger partial charge in [-0.2, -0.15) is 0 Å². The summed E-state index contributed by atoms with van der Waals surface area (Å²) < 4.78 is 0. The molecule has 0 fully saturated rings. The second kappa shape index (κ2) is 14.2. The number of hydrogen-bond acceptors (Lipinski definition) is 1. The van der Waals surface area contributed by atoms with E-state index in [9.17, 15) is 4.79 Å². The molecule has 0 spiro atoms. The van der Waals surface area contributed by atoms with Gasteiger partial charge >= 0.3 is 5.37 Å². The highest BCUT2D eigenvalue weighted by Crippen LogP contribution is 2.12. The zero-order chi connectivity index (χ0) is 14.3. The first-order valence-electron chi connectivity index (χ1n) is 8.09. The van der Waals surface area contributed by atoms with Crippen LogP contribution >= 0.6 is 11.6 Å². The largest absolute Gasteiger partial charge is 0.332 e. The summed E-state index contributed by atoms with van der Waals surface area (Å²) in [6, 6.07) is 0. The van der Waals surface area contributed by atoms with Crippen LogP contribution in [0.15, 0.2) is 0 Å². The lowest BCUT2D eigenvalue weighted by Gasteiger charge is -2.12. The summed E-state index contributed by atoms with van der Waals surface area (Å²) in [6.45, 7) is 3.06. The molecule has 1 amide bonds. The summed E-state index contributed by atoms with van der Waals surface area (Å²) in [5.74, 6) is 0. The third-order valence-corrected chi connectivity index (χ3v) is 3.94. The number of nitrogens with zero attached hydrogens (tertiary/aromatic N) is 1. The zero-order valence-electron chi connectivity index (χ0n) is 12.9. The van der Waals surface area contributed by atoms with Gasteiger partial charge in [-0.25, -0.2) is 0 Å². The molecule has 0 aromatic carbocycles. The van der Waals surface area contributed by atoms with Crippen molar-refractivity contribution in [2.45, 2.75) is 84.0 Å². The van der Waals surface area contributed by atoms with Crippen molar-refractivity contribution in [1.29, 1.82) is 0 Å². The van der Waals surface area contributed by atoms with E-state index in [1.807, 2.05) is 0 Å². The molecular weight excluding hydrogens is 258 g/mol. The molecule has 0 aromatic rings. The molecule has 19 heavy (non-hydrogen) atoms. The molecule has 0 aliphatic carbocycles. The average molecular weight is 290 g/mol. The second-order valence-corrected chi connectivity index (χ2v) is 5.89. The number of halogens is 1. The van der Waals surface area contributed by atoms with Crippen LogP contribution in [0, 0.1) is 0 Å². The minimum absolute atomic E-state index is 0.344. The van der Waals surface area contributed by atoms with E-state index >= 15 is 0 Å². The summed E-state index contributed by atoms with van der Waals surface area (Å²) in [4.78, 5) is 12.3. The van der Waals surface area contributed by atoms with Crippen LogP contribution < -0.4 is 0 Å². The maximum atomic E-state index is 10.8. The van der Waals surface area contributed by atoms with E-state index in [1.165, 1.54) is 70.6 Å². The van der Waals surface area contributed by atoms with E-state index in [-0.39, 0.29) is 5.37 Å². The highest BCUT2D eigenvalue weighted by atomic mass is 35.5. The molecule has 0 radical (unpaired) electrons. The standard InChI is InChI=1S/C16H32ClNO/c1-3-4-5-6-7-8-9-10-11-12-13-14-15-18(2)16(17)19/h3-15H2,1-2H3. The van der Waals surface area contributed by atoms with Gasteiger partial charge in [0.2, 0.25) is 0 Å². The summed E-state index contributed by atoms with van der Waals surface area (Å²) in [5, 5.41) is -0.344. The van der Waals surface area contributed by atoms with Crippen molar-refractivity contribution >= 4 is 17.0 Å². The summed E-state index contributed by atoms with van der Waals surface area (Å²) in [6.07, 6.45) is 16.1. The fraction of sp³-hybridized carbons (Fsp3) is 0.938. The normalized spacial score (nSPS) is 10.7. The van der Waals surface area contributed by atoms with Crippen molar-refractivity contribution in [3.8, 4) is 0 Å². The Hall–Kier alpha value is -0.240. The van der Waals surface area contributed by atoms with Crippen molar-refractivity contribution in [2.75, 3.05) is 13.6 Å². The molecule has 0 aromatic heterocycles. The topological polar surface area (TPSA) is 20.3 Å². The van der Waals surface area contributed by atoms with Gasteiger partial charge in [0.15, 0.2) is 0 Å². The molecule has 3 heteroatoms. The first-order valence-corrected chi connectivity index (χ1v) is 8.47. The minimum Gasteiger partial charge on any atom is -0.332 e. The van der Waals surface area contributed by atoms with E-state index in [4.69, 9.17) is 11.6 Å². The molecule has 0 unspecified atom stereocenters. The van der Waals surface area contributed by atoms with Crippen molar-refractivity contribution < 1.29 is 4.79 Å². The van der Waals surface area contributed by atoms with Gasteiger partial charge < -0.3 is 4.90 Å². The number of carbonyl (C=O) groups excluding carboxylic acids is 1. The van der Waals surface area contributed by atoms with Gasteiger partial charge in [-0.3, -0.25) is 4.79 Å². The second-order valence-electron chi connectivity index (χ2n) is 5.56. The summed E-state index contributed by atoms with van der Waals surface area (Å²) >= 11 is 5.36. The monoisotopic (exact) mass is 289 g/mol. The van der Waals surface area contributed by atoms with E-state index < -0.39 is 0 Å². The molecular formula is C16H32ClNO. The van der Waals surface area contributed by atoms with Gasteiger partial charge in [0.05, 0.1) is 0 Å². The van der Waals surface area contributed by atoms with Crippen LogP contribution in [0.3, 0.4) is 0 Å². The Morgan fingerprint density at radius 1 is 0.789 bits per heavy atom. The number of hydrogen-bond donors (Lipinski definition) is 0. The van der Waals surface area contributed by atoms with Crippen molar-refractivity contribution in [3.05, 3.63) is 0 Å². The van der Waals surface area contributed by atoms with Gasteiger partial charge in [0.1, 0.15) is 0 Å². The van der Waals surface area contributed by atoms with Crippen LogP contribution in [-0.2, 0) is 0 Å². The molecule has 0 saturated heterocycles. The SMILES string of the molecule is CCCCCCCCCCCCCCN(C)C(=O)Cl. The maximum Gasteiger partial charge on any atom is 0.316 e. The lowest BCUT2D eigenvalue weighted by atomic mass is 10.1. The highest BCUT2D eigenvalue weighted by Gasteiger charge is 2.02. The average Bonchev–Trinajstić information content (AvgIpc) is 2.39. The van der Waals surface area contributed by atoms with Crippen molar-refractivity contribution in [1.82, 2.24) is 4.90 Å². The molecule has 0 heterocycles. The van der Waals surface area contributed by atoms with Crippen LogP contribution in [-0.4, -0.2) is 23.9 Å². The van der Waals surface area contributed by atoms with Gasteiger partial charge in [0, 0.05) is 13.6 Å². The fourth-order valence-electron chi connectivity index (χ4n) is 2.28. The van der Waals surface area contributed by atoms with Crippen LogP contribution in [0.2, 0.25) is 0 Å². The van der Waals surface area contributed by atoms with Gasteiger partial charge in [-0.05, 0) is 18.0 Å². The van der Waals surface area contributed by atoms with E-state index in [0.29, 0.717) is 0 Å². The third-order valence-electron chi connectivity index (χ3n) is 3.65. The Bertz CT molecular complexity index is 209. The molecule has 0 aliphatic rings. The summed E-state index contributed by atoms with van der Waals surface area (Å²) in [7, 11) is 1.76. The van der Waals surface area contributed by atoms with Gasteiger partial charge in [0.25, 0.3) is 0 Å². The molecule has 114 valence electrons. The zero-order valence-corrected chi connectivity index (χ0v) is 13.7. The Morgan fingerprint density at radius 3 is 1.53 bits per heavy atom. The molecule has 2 nitrogen and oxygen atoms in total. The highest BCUT2D eigenvalue weighted by molar-refractivity contribution is 6.62.